The lowest BCUT2D eigenvalue weighted by Gasteiger charge is -2.34. The first-order valence-electron chi connectivity index (χ1n) is 7.01. The van der Waals surface area contributed by atoms with E-state index < -0.39 is 10.0 Å². The molecule has 1 aromatic carbocycles. The standard InChI is InChI=1S/C14H21ClN2O2S/c1-2-12-5-3-4-8-17(12)20(18,19)14-9-11(10-16)6-7-13(14)15/h6-7,9,12H,2-5,8,10,16H2,1H3. The van der Waals surface area contributed by atoms with Crippen LogP contribution in [0, 0.1) is 0 Å². The molecule has 1 unspecified atom stereocenters. The molecule has 1 fully saturated rings. The van der Waals surface area contributed by atoms with Crippen LogP contribution in [0.1, 0.15) is 38.2 Å². The Kier molecular flexibility index (Phi) is 5.07. The van der Waals surface area contributed by atoms with Gasteiger partial charge in [0.25, 0.3) is 0 Å². The van der Waals surface area contributed by atoms with Gasteiger partial charge >= 0.3 is 0 Å². The topological polar surface area (TPSA) is 63.4 Å². The minimum Gasteiger partial charge on any atom is -0.326 e. The van der Waals surface area contributed by atoms with Gasteiger partial charge in [0.05, 0.1) is 5.02 Å². The van der Waals surface area contributed by atoms with Crippen LogP contribution in [0.4, 0.5) is 0 Å². The summed E-state index contributed by atoms with van der Waals surface area (Å²) in [5.41, 5.74) is 6.37. The Labute approximate surface area is 126 Å². The normalized spacial score (nSPS) is 21.1. The quantitative estimate of drug-likeness (QED) is 0.929. The van der Waals surface area contributed by atoms with Crippen LogP contribution in [0.15, 0.2) is 23.1 Å². The van der Waals surface area contributed by atoms with Gasteiger partial charge in [-0.05, 0) is 37.0 Å². The van der Waals surface area contributed by atoms with E-state index in [0.717, 1.165) is 31.2 Å². The maximum absolute atomic E-state index is 12.8. The molecule has 1 aliphatic rings. The lowest BCUT2D eigenvalue weighted by Crippen LogP contribution is -2.43. The summed E-state index contributed by atoms with van der Waals surface area (Å²) < 4.78 is 27.3. The van der Waals surface area contributed by atoms with Gasteiger partial charge in [0.1, 0.15) is 4.90 Å². The molecule has 1 saturated heterocycles. The fourth-order valence-electron chi connectivity index (χ4n) is 2.70. The highest BCUT2D eigenvalue weighted by molar-refractivity contribution is 7.89. The van der Waals surface area contributed by atoms with Gasteiger partial charge < -0.3 is 5.73 Å². The van der Waals surface area contributed by atoms with Crippen LogP contribution in [0.25, 0.3) is 0 Å². The van der Waals surface area contributed by atoms with E-state index in [1.54, 1.807) is 22.5 Å². The zero-order chi connectivity index (χ0) is 14.8. The molecular formula is C14H21ClN2O2S. The number of rotatable bonds is 4. The molecular weight excluding hydrogens is 296 g/mol. The fraction of sp³-hybridized carbons (Fsp3) is 0.571. The Hall–Kier alpha value is -0.620. The van der Waals surface area contributed by atoms with Crippen molar-refractivity contribution in [2.45, 2.75) is 50.1 Å². The molecule has 2 N–H and O–H groups in total. The van der Waals surface area contributed by atoms with Gasteiger partial charge in [-0.3, -0.25) is 0 Å². The highest BCUT2D eigenvalue weighted by Crippen LogP contribution is 2.31. The first-order valence-corrected chi connectivity index (χ1v) is 8.82. The Balaban J connectivity index is 2.43. The van der Waals surface area contributed by atoms with E-state index in [2.05, 4.69) is 0 Å². The van der Waals surface area contributed by atoms with Gasteiger partial charge in [-0.1, -0.05) is 31.0 Å². The van der Waals surface area contributed by atoms with Gasteiger partial charge in [-0.15, -0.1) is 0 Å². The second-order valence-corrected chi connectivity index (χ2v) is 7.41. The molecule has 1 aromatic rings. The minimum atomic E-state index is -3.54. The molecule has 1 atom stereocenters. The van der Waals surface area contributed by atoms with Crippen LogP contribution in [0.2, 0.25) is 5.02 Å². The number of hydrogen-bond donors (Lipinski definition) is 1. The Morgan fingerprint density at radius 1 is 1.40 bits per heavy atom. The van der Waals surface area contributed by atoms with Crippen LogP contribution >= 0.6 is 11.6 Å². The van der Waals surface area contributed by atoms with Gasteiger partial charge in [0.15, 0.2) is 0 Å². The van der Waals surface area contributed by atoms with E-state index in [-0.39, 0.29) is 16.0 Å². The van der Waals surface area contributed by atoms with E-state index in [0.29, 0.717) is 13.1 Å². The highest BCUT2D eigenvalue weighted by atomic mass is 35.5. The lowest BCUT2D eigenvalue weighted by atomic mass is 10.0. The lowest BCUT2D eigenvalue weighted by molar-refractivity contribution is 0.246. The molecule has 0 aliphatic carbocycles. The third kappa shape index (κ3) is 3.01. The van der Waals surface area contributed by atoms with Crippen molar-refractivity contribution < 1.29 is 8.42 Å². The summed E-state index contributed by atoms with van der Waals surface area (Å²) in [5.74, 6) is 0. The van der Waals surface area contributed by atoms with E-state index >= 15 is 0 Å². The highest BCUT2D eigenvalue weighted by Gasteiger charge is 2.33. The van der Waals surface area contributed by atoms with E-state index in [4.69, 9.17) is 17.3 Å². The van der Waals surface area contributed by atoms with Gasteiger partial charge in [-0.2, -0.15) is 4.31 Å². The number of sulfonamides is 1. The van der Waals surface area contributed by atoms with Crippen molar-refractivity contribution in [1.82, 2.24) is 4.31 Å². The zero-order valence-electron chi connectivity index (χ0n) is 11.7. The summed E-state index contributed by atoms with van der Waals surface area (Å²) in [6.07, 6.45) is 3.74. The second kappa shape index (κ2) is 6.43. The van der Waals surface area contributed by atoms with Crippen LogP contribution in [0.5, 0.6) is 0 Å². The summed E-state index contributed by atoms with van der Waals surface area (Å²) in [5, 5.41) is 0.266. The summed E-state index contributed by atoms with van der Waals surface area (Å²) in [7, 11) is -3.54. The van der Waals surface area contributed by atoms with Crippen molar-refractivity contribution in [2.24, 2.45) is 5.73 Å². The van der Waals surface area contributed by atoms with Crippen molar-refractivity contribution in [3.05, 3.63) is 28.8 Å². The van der Waals surface area contributed by atoms with Crippen LogP contribution < -0.4 is 5.73 Å². The van der Waals surface area contributed by atoms with Crippen LogP contribution in [0.3, 0.4) is 0 Å². The zero-order valence-corrected chi connectivity index (χ0v) is 13.3. The first-order chi connectivity index (χ1) is 9.50. The van der Waals surface area contributed by atoms with Crippen molar-refractivity contribution >= 4 is 21.6 Å². The third-order valence-electron chi connectivity index (χ3n) is 3.86. The average Bonchev–Trinajstić information content (AvgIpc) is 2.47. The molecule has 0 saturated carbocycles. The van der Waals surface area contributed by atoms with E-state index in [1.165, 1.54) is 0 Å². The number of hydrogen-bond acceptors (Lipinski definition) is 3. The van der Waals surface area contributed by atoms with Gasteiger partial charge in [0.2, 0.25) is 10.0 Å². The fourth-order valence-corrected chi connectivity index (χ4v) is 4.99. The summed E-state index contributed by atoms with van der Waals surface area (Å²) >= 11 is 6.10. The molecule has 0 amide bonds. The largest absolute Gasteiger partial charge is 0.326 e. The SMILES string of the molecule is CCC1CCCCN1S(=O)(=O)c1cc(CN)ccc1Cl. The number of halogens is 1. The molecule has 6 heteroatoms. The Morgan fingerprint density at radius 3 is 2.80 bits per heavy atom. The molecule has 4 nitrogen and oxygen atoms in total. The Bertz CT molecular complexity index is 575. The number of benzene rings is 1. The third-order valence-corrected chi connectivity index (χ3v) is 6.30. The molecule has 0 aromatic heterocycles. The molecule has 1 heterocycles. The maximum atomic E-state index is 12.8. The predicted molar refractivity (Wildman–Crippen MR) is 81.2 cm³/mol. The second-order valence-electron chi connectivity index (χ2n) is 5.14. The molecule has 0 bridgehead atoms. The molecule has 112 valence electrons. The maximum Gasteiger partial charge on any atom is 0.244 e. The summed E-state index contributed by atoms with van der Waals surface area (Å²) in [6.45, 7) is 2.90. The monoisotopic (exact) mass is 316 g/mol. The van der Waals surface area contributed by atoms with Gasteiger partial charge in [-0.25, -0.2) is 8.42 Å². The van der Waals surface area contributed by atoms with Crippen molar-refractivity contribution in [2.75, 3.05) is 6.54 Å². The number of nitrogens with two attached hydrogens (primary N) is 1. The summed E-state index contributed by atoms with van der Waals surface area (Å²) in [4.78, 5) is 0.183. The van der Waals surface area contributed by atoms with Crippen LogP contribution in [-0.2, 0) is 16.6 Å². The molecule has 1 aliphatic heterocycles. The minimum absolute atomic E-state index is 0.0753. The van der Waals surface area contributed by atoms with E-state index in [9.17, 15) is 8.42 Å². The molecule has 20 heavy (non-hydrogen) atoms. The smallest absolute Gasteiger partial charge is 0.244 e. The average molecular weight is 317 g/mol. The molecule has 0 radical (unpaired) electrons. The Morgan fingerprint density at radius 2 is 2.15 bits per heavy atom. The summed E-state index contributed by atoms with van der Waals surface area (Å²) in [6, 6.07) is 5.04. The first kappa shape index (κ1) is 15.8. The van der Waals surface area contributed by atoms with Crippen molar-refractivity contribution in [3.63, 3.8) is 0 Å². The van der Waals surface area contributed by atoms with E-state index in [1.807, 2.05) is 6.92 Å². The number of piperidine rings is 1. The predicted octanol–water partition coefficient (Wildman–Crippen LogP) is 2.75. The van der Waals surface area contributed by atoms with Crippen LogP contribution in [-0.4, -0.2) is 25.3 Å². The number of nitrogens with zero attached hydrogens (tertiary/aromatic N) is 1. The molecule has 2 rings (SSSR count). The van der Waals surface area contributed by atoms with Crippen molar-refractivity contribution in [1.29, 1.82) is 0 Å². The van der Waals surface area contributed by atoms with Gasteiger partial charge in [0, 0.05) is 19.1 Å². The molecule has 0 spiro atoms. The van der Waals surface area contributed by atoms with Crippen molar-refractivity contribution in [3.8, 4) is 0 Å².